The van der Waals surface area contributed by atoms with Gasteiger partial charge in [0.25, 0.3) is 0 Å². The van der Waals surface area contributed by atoms with Gasteiger partial charge in [0, 0.05) is 32.5 Å². The Labute approximate surface area is 171 Å². The van der Waals surface area contributed by atoms with Gasteiger partial charge in [0.1, 0.15) is 5.75 Å². The summed E-state index contributed by atoms with van der Waals surface area (Å²) in [7, 11) is 1.64. The zero-order valence-electron chi connectivity index (χ0n) is 15.3. The van der Waals surface area contributed by atoms with Crippen molar-refractivity contribution in [3.63, 3.8) is 0 Å². The molecule has 0 saturated carbocycles. The molecular weight excluding hydrogens is 447 g/mol. The van der Waals surface area contributed by atoms with Crippen LogP contribution in [-0.4, -0.2) is 49.4 Å². The number of halogens is 1. The lowest BCUT2D eigenvalue weighted by Gasteiger charge is -2.25. The third kappa shape index (κ3) is 6.81. The Kier molecular flexibility index (Phi) is 10.0. The number of piperidine rings is 1. The summed E-state index contributed by atoms with van der Waals surface area (Å²) in [6.45, 7) is 4.06. The van der Waals surface area contributed by atoms with Crippen molar-refractivity contribution in [2.75, 3.05) is 26.7 Å². The first-order valence-corrected chi connectivity index (χ1v) is 8.62. The van der Waals surface area contributed by atoms with Gasteiger partial charge in [-0.3, -0.25) is 14.5 Å². The first-order chi connectivity index (χ1) is 12.1. The van der Waals surface area contributed by atoms with E-state index >= 15 is 0 Å². The molecule has 1 aromatic carbocycles. The molecule has 1 fully saturated rings. The van der Waals surface area contributed by atoms with E-state index in [4.69, 9.17) is 4.74 Å². The number of carbonyl (C=O) groups excluding carboxylic acids is 2. The Morgan fingerprint density at radius 1 is 1.23 bits per heavy atom. The SMILES string of the molecule is CCNC(=NCc1cccc(OC)c1)NCCN1C(=O)CCCC1=O.I. The van der Waals surface area contributed by atoms with Crippen molar-refractivity contribution in [2.45, 2.75) is 32.7 Å². The summed E-state index contributed by atoms with van der Waals surface area (Å²) in [5.41, 5.74) is 1.04. The fraction of sp³-hybridized carbons (Fsp3) is 0.500. The zero-order chi connectivity index (χ0) is 18.1. The number of hydrogen-bond donors (Lipinski definition) is 2. The van der Waals surface area contributed by atoms with Gasteiger partial charge in [-0.1, -0.05) is 12.1 Å². The number of imide groups is 1. The number of nitrogens with zero attached hydrogens (tertiary/aromatic N) is 2. The number of amides is 2. The maximum Gasteiger partial charge on any atom is 0.229 e. The van der Waals surface area contributed by atoms with Crippen molar-refractivity contribution in [3.8, 4) is 5.75 Å². The monoisotopic (exact) mass is 474 g/mol. The number of methoxy groups -OCH3 is 1. The van der Waals surface area contributed by atoms with Crippen LogP contribution in [0.5, 0.6) is 5.75 Å². The molecule has 2 N–H and O–H groups in total. The molecule has 0 spiro atoms. The largest absolute Gasteiger partial charge is 0.497 e. The predicted octanol–water partition coefficient (Wildman–Crippen LogP) is 1.91. The van der Waals surface area contributed by atoms with Crippen molar-refractivity contribution in [1.82, 2.24) is 15.5 Å². The average molecular weight is 474 g/mol. The van der Waals surface area contributed by atoms with E-state index in [0.29, 0.717) is 44.9 Å². The Morgan fingerprint density at radius 2 is 1.96 bits per heavy atom. The number of benzene rings is 1. The second kappa shape index (κ2) is 11.7. The number of guanidine groups is 1. The highest BCUT2D eigenvalue weighted by Gasteiger charge is 2.25. The van der Waals surface area contributed by atoms with Gasteiger partial charge < -0.3 is 15.4 Å². The molecule has 8 heteroatoms. The second-order valence-corrected chi connectivity index (χ2v) is 5.77. The molecule has 2 rings (SSSR count). The number of carbonyl (C=O) groups is 2. The van der Waals surface area contributed by atoms with E-state index in [1.165, 1.54) is 4.90 Å². The second-order valence-electron chi connectivity index (χ2n) is 5.77. The molecule has 144 valence electrons. The van der Waals surface area contributed by atoms with Gasteiger partial charge in [0.2, 0.25) is 11.8 Å². The maximum atomic E-state index is 11.8. The number of likely N-dealkylation sites (tertiary alicyclic amines) is 1. The van der Waals surface area contributed by atoms with Crippen LogP contribution in [0.3, 0.4) is 0 Å². The number of nitrogens with one attached hydrogen (secondary N) is 2. The van der Waals surface area contributed by atoms with Gasteiger partial charge in [-0.2, -0.15) is 0 Å². The molecule has 7 nitrogen and oxygen atoms in total. The number of ether oxygens (including phenoxy) is 1. The van der Waals surface area contributed by atoms with E-state index < -0.39 is 0 Å². The van der Waals surface area contributed by atoms with E-state index in [1.54, 1.807) is 7.11 Å². The Hall–Kier alpha value is -1.84. The van der Waals surface area contributed by atoms with Crippen molar-refractivity contribution >= 4 is 41.8 Å². The van der Waals surface area contributed by atoms with Gasteiger partial charge in [-0.25, -0.2) is 4.99 Å². The minimum Gasteiger partial charge on any atom is -0.497 e. The van der Waals surface area contributed by atoms with E-state index in [0.717, 1.165) is 17.9 Å². The van der Waals surface area contributed by atoms with Crippen LogP contribution in [-0.2, 0) is 16.1 Å². The van der Waals surface area contributed by atoms with Gasteiger partial charge in [0.05, 0.1) is 13.7 Å². The van der Waals surface area contributed by atoms with Crippen LogP contribution in [0.2, 0.25) is 0 Å². The molecule has 0 aliphatic carbocycles. The Bertz CT molecular complexity index is 621. The van der Waals surface area contributed by atoms with Crippen molar-refractivity contribution in [2.24, 2.45) is 4.99 Å². The molecule has 0 unspecified atom stereocenters. The quantitative estimate of drug-likeness (QED) is 0.273. The standard InChI is InChI=1S/C18H26N4O3.HI/c1-3-19-18(21-13-14-6-4-7-15(12-14)25-2)20-10-11-22-16(23)8-5-9-17(22)24;/h4,6-7,12H,3,5,8-11,13H2,1-2H3,(H2,19,20,21);1H. The summed E-state index contributed by atoms with van der Waals surface area (Å²) in [5, 5.41) is 6.33. The zero-order valence-corrected chi connectivity index (χ0v) is 17.6. The molecule has 1 heterocycles. The minimum absolute atomic E-state index is 0. The highest BCUT2D eigenvalue weighted by molar-refractivity contribution is 14.0. The van der Waals surface area contributed by atoms with Crippen LogP contribution >= 0.6 is 24.0 Å². The molecule has 26 heavy (non-hydrogen) atoms. The molecule has 0 radical (unpaired) electrons. The molecule has 1 saturated heterocycles. The maximum absolute atomic E-state index is 11.8. The van der Waals surface area contributed by atoms with E-state index in [-0.39, 0.29) is 35.8 Å². The van der Waals surface area contributed by atoms with Crippen LogP contribution in [0.4, 0.5) is 0 Å². The fourth-order valence-electron chi connectivity index (χ4n) is 2.62. The third-order valence-corrected chi connectivity index (χ3v) is 3.91. The van der Waals surface area contributed by atoms with E-state index in [1.807, 2.05) is 31.2 Å². The number of aliphatic imine (C=N–C) groups is 1. The fourth-order valence-corrected chi connectivity index (χ4v) is 2.62. The highest BCUT2D eigenvalue weighted by atomic mass is 127. The lowest BCUT2D eigenvalue weighted by molar-refractivity contribution is -0.147. The normalized spacial score (nSPS) is 14.7. The first-order valence-electron chi connectivity index (χ1n) is 8.62. The number of rotatable bonds is 7. The molecule has 2 amide bonds. The number of hydrogen-bond acceptors (Lipinski definition) is 4. The third-order valence-electron chi connectivity index (χ3n) is 3.91. The molecule has 0 bridgehead atoms. The van der Waals surface area contributed by atoms with E-state index in [9.17, 15) is 9.59 Å². The van der Waals surface area contributed by atoms with Crippen molar-refractivity contribution < 1.29 is 14.3 Å². The lowest BCUT2D eigenvalue weighted by atomic mass is 10.1. The summed E-state index contributed by atoms with van der Waals surface area (Å²) in [6, 6.07) is 7.75. The van der Waals surface area contributed by atoms with Crippen LogP contribution in [0, 0.1) is 0 Å². The van der Waals surface area contributed by atoms with Crippen LogP contribution in [0.15, 0.2) is 29.3 Å². The lowest BCUT2D eigenvalue weighted by Crippen LogP contribution is -2.46. The van der Waals surface area contributed by atoms with Crippen LogP contribution in [0.25, 0.3) is 0 Å². The van der Waals surface area contributed by atoms with Gasteiger partial charge in [-0.05, 0) is 31.0 Å². The van der Waals surface area contributed by atoms with Gasteiger partial charge in [-0.15, -0.1) is 24.0 Å². The Morgan fingerprint density at radius 3 is 2.62 bits per heavy atom. The molecule has 1 aliphatic rings. The van der Waals surface area contributed by atoms with Gasteiger partial charge in [0.15, 0.2) is 5.96 Å². The van der Waals surface area contributed by atoms with Crippen LogP contribution < -0.4 is 15.4 Å². The molecule has 1 aliphatic heterocycles. The highest BCUT2D eigenvalue weighted by Crippen LogP contribution is 2.13. The van der Waals surface area contributed by atoms with Crippen molar-refractivity contribution in [3.05, 3.63) is 29.8 Å². The summed E-state index contributed by atoms with van der Waals surface area (Å²) in [4.78, 5) is 29.5. The smallest absolute Gasteiger partial charge is 0.229 e. The molecule has 0 atom stereocenters. The molecular formula is C18H27IN4O3. The van der Waals surface area contributed by atoms with Gasteiger partial charge >= 0.3 is 0 Å². The first kappa shape index (κ1) is 22.2. The topological polar surface area (TPSA) is 83.0 Å². The molecule has 0 aromatic heterocycles. The summed E-state index contributed by atoms with van der Waals surface area (Å²) >= 11 is 0. The van der Waals surface area contributed by atoms with E-state index in [2.05, 4.69) is 15.6 Å². The Balaban J connectivity index is 0.00000338. The summed E-state index contributed by atoms with van der Waals surface area (Å²) < 4.78 is 5.21. The average Bonchev–Trinajstić information content (AvgIpc) is 2.62. The molecule has 1 aromatic rings. The van der Waals surface area contributed by atoms with Crippen molar-refractivity contribution in [1.29, 1.82) is 0 Å². The minimum atomic E-state index is -0.0867. The predicted molar refractivity (Wildman–Crippen MR) is 112 cm³/mol. The summed E-state index contributed by atoms with van der Waals surface area (Å²) in [5.74, 6) is 1.28. The summed E-state index contributed by atoms with van der Waals surface area (Å²) in [6.07, 6.45) is 1.57. The van der Waals surface area contributed by atoms with Crippen LogP contribution in [0.1, 0.15) is 31.7 Å².